The molecule has 0 aliphatic carbocycles. The van der Waals surface area contributed by atoms with Crippen molar-refractivity contribution in [2.75, 3.05) is 20.8 Å². The van der Waals surface area contributed by atoms with Gasteiger partial charge in [0, 0.05) is 34.9 Å². The van der Waals surface area contributed by atoms with Crippen LogP contribution in [0.1, 0.15) is 0 Å². The van der Waals surface area contributed by atoms with Crippen LogP contribution < -0.4 is 0 Å². The summed E-state index contributed by atoms with van der Waals surface area (Å²) in [7, 11) is 4.11. The van der Waals surface area contributed by atoms with Gasteiger partial charge in [-0.15, -0.1) is 0 Å². The molecule has 0 N–H and O–H groups in total. The Balaban J connectivity index is 0.000000490. The third kappa shape index (κ3) is 1.48. The lowest BCUT2D eigenvalue weighted by molar-refractivity contribution is 0.340. The molecule has 8 heavy (non-hydrogen) atoms. The van der Waals surface area contributed by atoms with E-state index in [4.69, 9.17) is 0 Å². The van der Waals surface area contributed by atoms with Gasteiger partial charge >= 0.3 is 0 Å². The van der Waals surface area contributed by atoms with Crippen LogP contribution in [-0.4, -0.2) is 39.0 Å². The summed E-state index contributed by atoms with van der Waals surface area (Å²) in [5.41, 5.74) is 0. The standard InChI is InChI=1S/C5H10N2.B/c1-6-3-4-7(2)5-6;/h3-4H,5H2,1-2H3;. The van der Waals surface area contributed by atoms with Gasteiger partial charge in [-0.25, -0.2) is 0 Å². The van der Waals surface area contributed by atoms with Gasteiger partial charge in [0.25, 0.3) is 0 Å². The Labute approximate surface area is 52.3 Å². The summed E-state index contributed by atoms with van der Waals surface area (Å²) in [5.74, 6) is 0. The molecule has 43 valence electrons. The quantitative estimate of drug-likeness (QED) is 0.401. The summed E-state index contributed by atoms with van der Waals surface area (Å²) < 4.78 is 0. The van der Waals surface area contributed by atoms with Crippen molar-refractivity contribution in [3.8, 4) is 0 Å². The maximum Gasteiger partial charge on any atom is 0.0887 e. The van der Waals surface area contributed by atoms with Gasteiger partial charge in [0.2, 0.25) is 0 Å². The highest BCUT2D eigenvalue weighted by Crippen LogP contribution is 1.97. The fraction of sp³-hybridized carbons (Fsp3) is 0.600. The predicted molar refractivity (Wildman–Crippen MR) is 35.3 cm³/mol. The van der Waals surface area contributed by atoms with Crippen LogP contribution in [0, 0.1) is 0 Å². The molecule has 0 bridgehead atoms. The summed E-state index contributed by atoms with van der Waals surface area (Å²) in [4.78, 5) is 4.25. The van der Waals surface area contributed by atoms with Crippen LogP contribution >= 0.6 is 0 Å². The zero-order chi connectivity index (χ0) is 5.28. The number of rotatable bonds is 0. The number of hydrogen-bond donors (Lipinski definition) is 0. The first-order valence-corrected chi connectivity index (χ1v) is 2.38. The summed E-state index contributed by atoms with van der Waals surface area (Å²) in [5, 5.41) is 0. The van der Waals surface area contributed by atoms with Gasteiger partial charge < -0.3 is 9.80 Å². The molecule has 0 amide bonds. The average Bonchev–Trinajstić information content (AvgIpc) is 1.87. The van der Waals surface area contributed by atoms with Crippen molar-refractivity contribution in [1.82, 2.24) is 9.80 Å². The maximum absolute atomic E-state index is 2.12. The topological polar surface area (TPSA) is 6.48 Å². The maximum atomic E-state index is 2.12. The third-order valence-corrected chi connectivity index (χ3v) is 1.02. The average molecular weight is 109 g/mol. The first kappa shape index (κ1) is 7.40. The molecule has 0 aromatic carbocycles. The van der Waals surface area contributed by atoms with Crippen LogP contribution in [0.4, 0.5) is 0 Å². The fourth-order valence-electron chi connectivity index (χ4n) is 0.674. The molecule has 0 saturated carbocycles. The molecule has 1 heterocycles. The molecule has 0 aromatic rings. The zero-order valence-corrected chi connectivity index (χ0v) is 5.33. The molecule has 0 spiro atoms. The lowest BCUT2D eigenvalue weighted by atomic mass is 10.8. The first-order chi connectivity index (χ1) is 3.29. The predicted octanol–water partition coefficient (Wildman–Crippen LogP) is -0.0885. The van der Waals surface area contributed by atoms with Crippen molar-refractivity contribution in [1.29, 1.82) is 0 Å². The van der Waals surface area contributed by atoms with Crippen molar-refractivity contribution >= 4 is 8.41 Å². The van der Waals surface area contributed by atoms with Gasteiger partial charge in [-0.3, -0.25) is 0 Å². The second-order valence-electron chi connectivity index (χ2n) is 1.95. The minimum Gasteiger partial charge on any atom is -0.362 e. The van der Waals surface area contributed by atoms with E-state index >= 15 is 0 Å². The van der Waals surface area contributed by atoms with Crippen molar-refractivity contribution in [3.63, 3.8) is 0 Å². The van der Waals surface area contributed by atoms with E-state index in [9.17, 15) is 0 Å². The van der Waals surface area contributed by atoms with Crippen molar-refractivity contribution in [2.24, 2.45) is 0 Å². The lowest BCUT2D eigenvalue weighted by Gasteiger charge is -2.10. The molecule has 3 radical (unpaired) electrons. The van der Waals surface area contributed by atoms with Gasteiger partial charge in [0.05, 0.1) is 6.67 Å². The van der Waals surface area contributed by atoms with Gasteiger partial charge in [0.15, 0.2) is 0 Å². The molecule has 3 heteroatoms. The zero-order valence-electron chi connectivity index (χ0n) is 5.33. The largest absolute Gasteiger partial charge is 0.362 e. The highest BCUT2D eigenvalue weighted by Gasteiger charge is 1.99. The van der Waals surface area contributed by atoms with Crippen molar-refractivity contribution < 1.29 is 0 Å². The van der Waals surface area contributed by atoms with Gasteiger partial charge in [0.1, 0.15) is 0 Å². The highest BCUT2D eigenvalue weighted by atomic mass is 15.3. The van der Waals surface area contributed by atoms with Crippen LogP contribution in [-0.2, 0) is 0 Å². The Morgan fingerprint density at radius 3 is 1.62 bits per heavy atom. The molecule has 2 nitrogen and oxygen atoms in total. The molecule has 1 aliphatic rings. The monoisotopic (exact) mass is 109 g/mol. The molecule has 0 atom stereocenters. The summed E-state index contributed by atoms with van der Waals surface area (Å²) in [6.45, 7) is 1.03. The number of nitrogens with zero attached hydrogens (tertiary/aromatic N) is 2. The smallest absolute Gasteiger partial charge is 0.0887 e. The molecule has 0 fully saturated rings. The van der Waals surface area contributed by atoms with E-state index in [1.807, 2.05) is 0 Å². The highest BCUT2D eigenvalue weighted by molar-refractivity contribution is 5.75. The van der Waals surface area contributed by atoms with E-state index in [1.54, 1.807) is 0 Å². The van der Waals surface area contributed by atoms with Crippen LogP contribution in [0.15, 0.2) is 12.4 Å². The summed E-state index contributed by atoms with van der Waals surface area (Å²) in [6.07, 6.45) is 4.11. The normalized spacial score (nSPS) is 16.8. The van der Waals surface area contributed by atoms with Crippen LogP contribution in [0.2, 0.25) is 0 Å². The Hall–Kier alpha value is -0.595. The minimum atomic E-state index is 0. The molecular weight excluding hydrogens is 98.9 g/mol. The van der Waals surface area contributed by atoms with E-state index in [0.29, 0.717) is 0 Å². The van der Waals surface area contributed by atoms with E-state index in [-0.39, 0.29) is 8.41 Å². The summed E-state index contributed by atoms with van der Waals surface area (Å²) in [6, 6.07) is 0. The molecule has 0 saturated heterocycles. The Bertz CT molecular complexity index is 82.4. The molecular formula is C5H10BN2. The third-order valence-electron chi connectivity index (χ3n) is 1.02. The fourth-order valence-corrected chi connectivity index (χ4v) is 0.674. The molecule has 0 aromatic heterocycles. The van der Waals surface area contributed by atoms with E-state index in [1.165, 1.54) is 0 Å². The van der Waals surface area contributed by atoms with Crippen LogP contribution in [0.25, 0.3) is 0 Å². The Kier molecular flexibility index (Phi) is 2.45. The SMILES string of the molecule is CN1C=CN(C)C1.[B]. The van der Waals surface area contributed by atoms with E-state index < -0.39 is 0 Å². The summed E-state index contributed by atoms with van der Waals surface area (Å²) >= 11 is 0. The second-order valence-corrected chi connectivity index (χ2v) is 1.95. The number of hydrogen-bond acceptors (Lipinski definition) is 2. The van der Waals surface area contributed by atoms with Crippen molar-refractivity contribution in [2.45, 2.75) is 0 Å². The van der Waals surface area contributed by atoms with Gasteiger partial charge in [-0.1, -0.05) is 0 Å². The molecule has 1 rings (SSSR count). The van der Waals surface area contributed by atoms with Gasteiger partial charge in [-0.2, -0.15) is 0 Å². The lowest BCUT2D eigenvalue weighted by Crippen LogP contribution is -2.17. The molecule has 1 aliphatic heterocycles. The van der Waals surface area contributed by atoms with Gasteiger partial charge in [-0.05, 0) is 0 Å². The van der Waals surface area contributed by atoms with Crippen LogP contribution in [0.3, 0.4) is 0 Å². The van der Waals surface area contributed by atoms with E-state index in [0.717, 1.165) is 6.67 Å². The Morgan fingerprint density at radius 2 is 1.50 bits per heavy atom. The second kappa shape index (κ2) is 2.65. The van der Waals surface area contributed by atoms with Crippen LogP contribution in [0.5, 0.6) is 0 Å². The Morgan fingerprint density at radius 1 is 1.12 bits per heavy atom. The molecule has 0 unspecified atom stereocenters. The van der Waals surface area contributed by atoms with Crippen molar-refractivity contribution in [3.05, 3.63) is 12.4 Å². The van der Waals surface area contributed by atoms with E-state index in [2.05, 4.69) is 36.3 Å². The minimum absolute atomic E-state index is 0. The first-order valence-electron chi connectivity index (χ1n) is 2.38.